The van der Waals surface area contributed by atoms with Crippen LogP contribution in [-0.2, 0) is 13.1 Å². The van der Waals surface area contributed by atoms with E-state index in [1.54, 1.807) is 18.4 Å². The molecule has 1 aromatic heterocycles. The van der Waals surface area contributed by atoms with Crippen molar-refractivity contribution in [1.29, 1.82) is 0 Å². The highest BCUT2D eigenvalue weighted by Gasteiger charge is 2.11. The highest BCUT2D eigenvalue weighted by Crippen LogP contribution is 2.36. The number of nitrogens with one attached hydrogen (secondary N) is 1. The van der Waals surface area contributed by atoms with Crippen LogP contribution in [0.3, 0.4) is 0 Å². The van der Waals surface area contributed by atoms with E-state index in [1.807, 2.05) is 19.1 Å². The van der Waals surface area contributed by atoms with Crippen LogP contribution in [0.2, 0.25) is 5.02 Å². The molecule has 0 bridgehead atoms. The number of thiophene rings is 1. The smallest absolute Gasteiger partial charge is 0.179 e. The van der Waals surface area contributed by atoms with Crippen LogP contribution in [0.15, 0.2) is 29.6 Å². The lowest BCUT2D eigenvalue weighted by molar-refractivity contribution is 0.311. The Labute approximate surface area is 140 Å². The molecule has 0 spiro atoms. The summed E-state index contributed by atoms with van der Waals surface area (Å²) in [6, 6.07) is 8.04. The zero-order valence-electron chi connectivity index (χ0n) is 12.0. The monoisotopic (exact) mass is 347 g/mol. The number of hydrogen-bond acceptors (Lipinski definition) is 4. The van der Waals surface area contributed by atoms with Crippen molar-refractivity contribution in [2.24, 2.45) is 0 Å². The summed E-state index contributed by atoms with van der Waals surface area (Å²) in [4.78, 5) is 1.31. The standard InChI is InChI=1S/C15H18ClNO2S.ClH/c1-3-19-15-13(16)7-11(8-14(15)18-2)9-17-10-12-5-4-6-20-12;/h4-8,17H,3,9-10H2,1-2H3;1H. The summed E-state index contributed by atoms with van der Waals surface area (Å²) in [5.41, 5.74) is 1.08. The third-order valence-electron chi connectivity index (χ3n) is 2.79. The first-order valence-corrected chi connectivity index (χ1v) is 7.72. The van der Waals surface area contributed by atoms with Crippen molar-refractivity contribution in [3.8, 4) is 11.5 Å². The third-order valence-corrected chi connectivity index (χ3v) is 3.94. The van der Waals surface area contributed by atoms with Crippen LogP contribution in [0.4, 0.5) is 0 Å². The highest BCUT2D eigenvalue weighted by atomic mass is 35.5. The molecule has 21 heavy (non-hydrogen) atoms. The van der Waals surface area contributed by atoms with Gasteiger partial charge in [0.1, 0.15) is 0 Å². The fraction of sp³-hybridized carbons (Fsp3) is 0.333. The van der Waals surface area contributed by atoms with Crippen molar-refractivity contribution in [3.05, 3.63) is 45.1 Å². The molecule has 1 N–H and O–H groups in total. The van der Waals surface area contributed by atoms with Crippen LogP contribution in [0.25, 0.3) is 0 Å². The summed E-state index contributed by atoms with van der Waals surface area (Å²) in [5.74, 6) is 1.28. The van der Waals surface area contributed by atoms with Crippen molar-refractivity contribution in [2.75, 3.05) is 13.7 Å². The van der Waals surface area contributed by atoms with E-state index in [0.29, 0.717) is 23.1 Å². The third kappa shape index (κ3) is 5.08. The first-order chi connectivity index (χ1) is 9.74. The second-order valence-electron chi connectivity index (χ2n) is 4.22. The van der Waals surface area contributed by atoms with Gasteiger partial charge in [-0.05, 0) is 36.1 Å². The van der Waals surface area contributed by atoms with Crippen LogP contribution in [0.5, 0.6) is 11.5 Å². The minimum atomic E-state index is 0. The summed E-state index contributed by atoms with van der Waals surface area (Å²) in [5, 5.41) is 6.05. The normalized spacial score (nSPS) is 10.0. The Kier molecular flexibility index (Phi) is 7.89. The second kappa shape index (κ2) is 9.15. The van der Waals surface area contributed by atoms with E-state index in [9.17, 15) is 0 Å². The van der Waals surface area contributed by atoms with Gasteiger partial charge in [0.25, 0.3) is 0 Å². The van der Waals surface area contributed by atoms with Gasteiger partial charge in [0.15, 0.2) is 11.5 Å². The van der Waals surface area contributed by atoms with Gasteiger partial charge in [-0.2, -0.15) is 0 Å². The lowest BCUT2D eigenvalue weighted by atomic mass is 10.2. The van der Waals surface area contributed by atoms with Crippen molar-refractivity contribution < 1.29 is 9.47 Å². The maximum atomic E-state index is 6.24. The van der Waals surface area contributed by atoms with Crippen LogP contribution in [0.1, 0.15) is 17.4 Å². The molecule has 1 aromatic carbocycles. The van der Waals surface area contributed by atoms with Gasteiger partial charge < -0.3 is 14.8 Å². The number of hydrogen-bond donors (Lipinski definition) is 1. The second-order valence-corrected chi connectivity index (χ2v) is 5.66. The Morgan fingerprint density at radius 2 is 2.10 bits per heavy atom. The quantitative estimate of drug-likeness (QED) is 0.798. The molecule has 2 aromatic rings. The SMILES string of the molecule is CCOc1c(Cl)cc(CNCc2cccs2)cc1OC.Cl. The van der Waals surface area contributed by atoms with E-state index >= 15 is 0 Å². The van der Waals surface area contributed by atoms with Gasteiger partial charge in [0.2, 0.25) is 0 Å². The molecule has 6 heteroatoms. The molecule has 0 aliphatic carbocycles. The van der Waals surface area contributed by atoms with Gasteiger partial charge in [0.05, 0.1) is 18.7 Å². The Hall–Kier alpha value is -0.940. The number of halogens is 2. The van der Waals surface area contributed by atoms with Gasteiger partial charge in [-0.15, -0.1) is 23.7 Å². The Bertz CT molecular complexity index is 547. The van der Waals surface area contributed by atoms with Gasteiger partial charge in [-0.3, -0.25) is 0 Å². The molecule has 0 saturated carbocycles. The molecule has 0 radical (unpaired) electrons. The maximum Gasteiger partial charge on any atom is 0.179 e. The summed E-state index contributed by atoms with van der Waals surface area (Å²) < 4.78 is 10.8. The topological polar surface area (TPSA) is 30.5 Å². The van der Waals surface area contributed by atoms with Gasteiger partial charge >= 0.3 is 0 Å². The predicted molar refractivity (Wildman–Crippen MR) is 91.3 cm³/mol. The van der Waals surface area contributed by atoms with Crippen molar-refractivity contribution >= 4 is 35.3 Å². The summed E-state index contributed by atoms with van der Waals surface area (Å²) in [6.45, 7) is 4.07. The molecule has 0 saturated heterocycles. The number of methoxy groups -OCH3 is 1. The zero-order valence-corrected chi connectivity index (χ0v) is 14.4. The summed E-state index contributed by atoms with van der Waals surface area (Å²) in [6.07, 6.45) is 0. The number of ether oxygens (including phenoxy) is 2. The van der Waals surface area contributed by atoms with Crippen molar-refractivity contribution in [1.82, 2.24) is 5.32 Å². The van der Waals surface area contributed by atoms with E-state index in [4.69, 9.17) is 21.1 Å². The molecule has 0 unspecified atom stereocenters. The van der Waals surface area contributed by atoms with E-state index in [1.165, 1.54) is 4.88 Å². The summed E-state index contributed by atoms with van der Waals surface area (Å²) in [7, 11) is 1.62. The molecule has 0 amide bonds. The molecule has 3 nitrogen and oxygen atoms in total. The molecule has 0 atom stereocenters. The largest absolute Gasteiger partial charge is 0.493 e. The molecule has 116 valence electrons. The zero-order chi connectivity index (χ0) is 14.4. The fourth-order valence-electron chi connectivity index (χ4n) is 1.90. The molecular weight excluding hydrogens is 329 g/mol. The van der Waals surface area contributed by atoms with Crippen molar-refractivity contribution in [2.45, 2.75) is 20.0 Å². The van der Waals surface area contributed by atoms with Crippen LogP contribution in [-0.4, -0.2) is 13.7 Å². The average molecular weight is 348 g/mol. The van der Waals surface area contributed by atoms with Crippen molar-refractivity contribution in [3.63, 3.8) is 0 Å². The first kappa shape index (κ1) is 18.1. The molecule has 0 aliphatic rings. The molecule has 2 rings (SSSR count). The predicted octanol–water partition coefficient (Wildman–Crippen LogP) is 4.52. The Morgan fingerprint density at radius 1 is 1.29 bits per heavy atom. The van der Waals surface area contributed by atoms with E-state index in [0.717, 1.165) is 18.7 Å². The fourth-order valence-corrected chi connectivity index (χ4v) is 2.87. The molecule has 1 heterocycles. The molecular formula is C15H19Cl2NO2S. The Morgan fingerprint density at radius 3 is 2.71 bits per heavy atom. The van der Waals surface area contributed by atoms with Gasteiger partial charge in [-0.25, -0.2) is 0 Å². The minimum Gasteiger partial charge on any atom is -0.493 e. The summed E-state index contributed by atoms with van der Waals surface area (Å²) >= 11 is 7.98. The molecule has 0 aliphatic heterocycles. The Balaban J connectivity index is 0.00000220. The van der Waals surface area contributed by atoms with Crippen LogP contribution >= 0.6 is 35.3 Å². The van der Waals surface area contributed by atoms with Gasteiger partial charge in [-0.1, -0.05) is 17.7 Å². The van der Waals surface area contributed by atoms with E-state index < -0.39 is 0 Å². The first-order valence-electron chi connectivity index (χ1n) is 6.47. The lowest BCUT2D eigenvalue weighted by Crippen LogP contribution is -2.12. The van der Waals surface area contributed by atoms with Crippen LogP contribution < -0.4 is 14.8 Å². The molecule has 0 fully saturated rings. The minimum absolute atomic E-state index is 0. The van der Waals surface area contributed by atoms with E-state index in [-0.39, 0.29) is 12.4 Å². The lowest BCUT2D eigenvalue weighted by Gasteiger charge is -2.13. The number of rotatable bonds is 7. The maximum absolute atomic E-state index is 6.24. The average Bonchev–Trinajstić information content (AvgIpc) is 2.94. The van der Waals surface area contributed by atoms with Gasteiger partial charge in [0, 0.05) is 18.0 Å². The van der Waals surface area contributed by atoms with E-state index in [2.05, 4.69) is 22.8 Å². The number of benzene rings is 1. The van der Waals surface area contributed by atoms with Crippen LogP contribution in [0, 0.1) is 0 Å². The highest BCUT2D eigenvalue weighted by molar-refractivity contribution is 7.09.